The molecule has 0 radical (unpaired) electrons. The van der Waals surface area contributed by atoms with Gasteiger partial charge in [0.05, 0.1) is 0 Å². The molecule has 1 heterocycles. The molecule has 0 aliphatic heterocycles. The number of hydrogen-bond donors (Lipinski definition) is 2. The van der Waals surface area contributed by atoms with Crippen LogP contribution in [0.4, 0.5) is 0 Å². The summed E-state index contributed by atoms with van der Waals surface area (Å²) in [4.78, 5) is 15.2. The van der Waals surface area contributed by atoms with E-state index in [4.69, 9.17) is 0 Å². The Hall–Kier alpha value is -0.610. The number of nitrogens with one attached hydrogen (secondary N) is 2. The molecule has 0 unspecified atom stereocenters. The molecule has 0 atom stereocenters. The van der Waals surface area contributed by atoms with Gasteiger partial charge < -0.3 is 10.3 Å². The van der Waals surface area contributed by atoms with E-state index in [1.807, 2.05) is 0 Å². The molecule has 0 saturated heterocycles. The van der Waals surface area contributed by atoms with Gasteiger partial charge in [0.2, 0.25) is 0 Å². The maximum atomic E-state index is 11.1. The second kappa shape index (κ2) is 5.32. The van der Waals surface area contributed by atoms with Crippen molar-refractivity contribution in [1.29, 1.82) is 0 Å². The molecule has 0 aliphatic rings. The van der Waals surface area contributed by atoms with Gasteiger partial charge in [0, 0.05) is 17.1 Å². The first-order chi connectivity index (χ1) is 6.63. The molecular weight excluding hydrogens is 196 g/mol. The second-order valence-electron chi connectivity index (χ2n) is 3.79. The smallest absolute Gasteiger partial charge is 0.304 e. The largest absolute Gasteiger partial charge is 0.316 e. The van der Waals surface area contributed by atoms with Crippen LogP contribution in [0.1, 0.15) is 31.3 Å². The number of aryl methyl sites for hydroxylation is 1. The third-order valence-electron chi connectivity index (χ3n) is 2.00. The maximum absolute atomic E-state index is 11.1. The monoisotopic (exact) mass is 214 g/mol. The van der Waals surface area contributed by atoms with Gasteiger partial charge in [-0.05, 0) is 18.9 Å². The first-order valence-corrected chi connectivity index (χ1v) is 5.86. The van der Waals surface area contributed by atoms with Crippen LogP contribution in [0.5, 0.6) is 0 Å². The van der Waals surface area contributed by atoms with Gasteiger partial charge in [0.25, 0.3) is 0 Å². The molecule has 0 aromatic carbocycles. The third kappa shape index (κ3) is 3.27. The lowest BCUT2D eigenvalue weighted by Gasteiger charge is -2.06. The number of H-pyrrole nitrogens is 1. The molecular formula is C10H18N2OS. The zero-order valence-corrected chi connectivity index (χ0v) is 9.83. The van der Waals surface area contributed by atoms with E-state index in [0.29, 0.717) is 5.92 Å². The van der Waals surface area contributed by atoms with Crippen LogP contribution in [-0.2, 0) is 13.0 Å². The SMILES string of the molecule is CCc1[nH]c(=O)sc1CNCC(C)C. The average molecular weight is 214 g/mol. The van der Waals surface area contributed by atoms with Crippen LogP contribution in [0, 0.1) is 5.92 Å². The predicted octanol–water partition coefficient (Wildman–Crippen LogP) is 1.74. The Morgan fingerprint density at radius 1 is 1.50 bits per heavy atom. The summed E-state index contributed by atoms with van der Waals surface area (Å²) in [6, 6.07) is 0. The van der Waals surface area contributed by atoms with Crippen molar-refractivity contribution in [3.63, 3.8) is 0 Å². The van der Waals surface area contributed by atoms with Crippen LogP contribution in [-0.4, -0.2) is 11.5 Å². The molecule has 0 saturated carbocycles. The number of rotatable bonds is 5. The molecule has 1 aromatic heterocycles. The molecule has 0 fully saturated rings. The highest BCUT2D eigenvalue weighted by atomic mass is 32.1. The van der Waals surface area contributed by atoms with Crippen molar-refractivity contribution in [2.24, 2.45) is 5.92 Å². The standard InChI is InChI=1S/C10H18N2OS/c1-4-8-9(14-10(13)12-8)6-11-5-7(2)3/h7,11H,4-6H2,1-3H3,(H,12,13). The molecule has 4 heteroatoms. The molecule has 0 amide bonds. The van der Waals surface area contributed by atoms with Crippen LogP contribution in [0.2, 0.25) is 0 Å². The Morgan fingerprint density at radius 3 is 2.79 bits per heavy atom. The van der Waals surface area contributed by atoms with Crippen molar-refractivity contribution in [2.75, 3.05) is 6.54 Å². The van der Waals surface area contributed by atoms with E-state index >= 15 is 0 Å². The van der Waals surface area contributed by atoms with Gasteiger partial charge in [-0.3, -0.25) is 4.79 Å². The van der Waals surface area contributed by atoms with Gasteiger partial charge in [-0.1, -0.05) is 32.1 Å². The molecule has 3 nitrogen and oxygen atoms in total. The van der Waals surface area contributed by atoms with Crippen LogP contribution in [0.15, 0.2) is 4.79 Å². The minimum absolute atomic E-state index is 0.0585. The lowest BCUT2D eigenvalue weighted by molar-refractivity contribution is 0.553. The summed E-state index contributed by atoms with van der Waals surface area (Å²) in [6.45, 7) is 8.21. The summed E-state index contributed by atoms with van der Waals surface area (Å²) in [6.07, 6.45) is 0.900. The molecule has 0 bridgehead atoms. The Labute approximate surface area is 88.6 Å². The van der Waals surface area contributed by atoms with Gasteiger partial charge in [0.1, 0.15) is 0 Å². The highest BCUT2D eigenvalue weighted by Crippen LogP contribution is 2.09. The highest BCUT2D eigenvalue weighted by molar-refractivity contribution is 7.09. The Balaban J connectivity index is 2.53. The first kappa shape index (κ1) is 11.5. The van der Waals surface area contributed by atoms with Crippen LogP contribution in [0.25, 0.3) is 0 Å². The predicted molar refractivity (Wildman–Crippen MR) is 60.9 cm³/mol. The summed E-state index contributed by atoms with van der Waals surface area (Å²) in [5, 5.41) is 3.34. The van der Waals surface area contributed by atoms with Crippen molar-refractivity contribution in [2.45, 2.75) is 33.7 Å². The van der Waals surface area contributed by atoms with Gasteiger partial charge in [-0.15, -0.1) is 0 Å². The minimum Gasteiger partial charge on any atom is -0.316 e. The number of aromatic nitrogens is 1. The van der Waals surface area contributed by atoms with E-state index in [0.717, 1.165) is 30.1 Å². The molecule has 0 aliphatic carbocycles. The fourth-order valence-electron chi connectivity index (χ4n) is 1.29. The first-order valence-electron chi connectivity index (χ1n) is 5.05. The zero-order chi connectivity index (χ0) is 10.6. The summed E-state index contributed by atoms with van der Waals surface area (Å²) < 4.78 is 0. The summed E-state index contributed by atoms with van der Waals surface area (Å²) in [5.41, 5.74) is 1.08. The normalized spacial score (nSPS) is 11.1. The Kier molecular flexibility index (Phi) is 4.35. The fourth-order valence-corrected chi connectivity index (χ4v) is 2.19. The van der Waals surface area contributed by atoms with Crippen molar-refractivity contribution in [3.8, 4) is 0 Å². The number of hydrogen-bond acceptors (Lipinski definition) is 3. The van der Waals surface area contributed by atoms with E-state index in [9.17, 15) is 4.79 Å². The van der Waals surface area contributed by atoms with E-state index in [1.165, 1.54) is 11.3 Å². The van der Waals surface area contributed by atoms with Gasteiger partial charge in [-0.2, -0.15) is 0 Å². The summed E-state index contributed by atoms with van der Waals surface area (Å²) in [7, 11) is 0. The topological polar surface area (TPSA) is 44.9 Å². The second-order valence-corrected chi connectivity index (χ2v) is 4.86. The van der Waals surface area contributed by atoms with Crippen LogP contribution in [0.3, 0.4) is 0 Å². The number of thiazole rings is 1. The van der Waals surface area contributed by atoms with E-state index in [1.54, 1.807) is 0 Å². The van der Waals surface area contributed by atoms with Gasteiger partial charge in [0.15, 0.2) is 0 Å². The molecule has 1 aromatic rings. The van der Waals surface area contributed by atoms with E-state index in [-0.39, 0.29) is 4.87 Å². The molecule has 80 valence electrons. The quantitative estimate of drug-likeness (QED) is 0.784. The molecule has 2 N–H and O–H groups in total. The summed E-state index contributed by atoms with van der Waals surface area (Å²) in [5.74, 6) is 0.649. The van der Waals surface area contributed by atoms with Crippen molar-refractivity contribution in [1.82, 2.24) is 10.3 Å². The lowest BCUT2D eigenvalue weighted by atomic mass is 10.2. The van der Waals surface area contributed by atoms with Crippen LogP contribution < -0.4 is 10.2 Å². The maximum Gasteiger partial charge on any atom is 0.304 e. The van der Waals surface area contributed by atoms with Crippen molar-refractivity contribution in [3.05, 3.63) is 20.2 Å². The van der Waals surface area contributed by atoms with Crippen LogP contribution >= 0.6 is 11.3 Å². The molecule has 14 heavy (non-hydrogen) atoms. The molecule has 1 rings (SSSR count). The molecule has 0 spiro atoms. The third-order valence-corrected chi connectivity index (χ3v) is 2.92. The lowest BCUT2D eigenvalue weighted by Crippen LogP contribution is -2.18. The highest BCUT2D eigenvalue weighted by Gasteiger charge is 2.05. The Morgan fingerprint density at radius 2 is 2.21 bits per heavy atom. The zero-order valence-electron chi connectivity index (χ0n) is 9.02. The van der Waals surface area contributed by atoms with E-state index in [2.05, 4.69) is 31.1 Å². The number of aromatic amines is 1. The van der Waals surface area contributed by atoms with Gasteiger partial charge in [-0.25, -0.2) is 0 Å². The fraction of sp³-hybridized carbons (Fsp3) is 0.700. The van der Waals surface area contributed by atoms with E-state index < -0.39 is 0 Å². The average Bonchev–Trinajstić information content (AvgIpc) is 2.45. The minimum atomic E-state index is 0.0585. The van der Waals surface area contributed by atoms with Crippen molar-refractivity contribution < 1.29 is 0 Å². The Bertz CT molecular complexity index is 327. The van der Waals surface area contributed by atoms with Gasteiger partial charge >= 0.3 is 4.87 Å². The van der Waals surface area contributed by atoms with Crippen molar-refractivity contribution >= 4 is 11.3 Å². The summed E-state index contributed by atoms with van der Waals surface area (Å²) >= 11 is 1.32.